The molecule has 0 N–H and O–H groups in total. The molecule has 0 spiro atoms. The quantitative estimate of drug-likeness (QED) is 0.465. The molecule has 0 fully saturated rings. The van der Waals surface area contributed by atoms with E-state index in [1.54, 1.807) is 12.4 Å². The first kappa shape index (κ1) is 25.4. The molecule has 0 aliphatic rings. The van der Waals surface area contributed by atoms with Gasteiger partial charge < -0.3 is 26.5 Å². The summed E-state index contributed by atoms with van der Waals surface area (Å²) in [5, 5.41) is 11.1. The van der Waals surface area contributed by atoms with Crippen LogP contribution < -0.4 is 10.7 Å². The van der Waals surface area contributed by atoms with Crippen molar-refractivity contribution in [2.45, 2.75) is 58.4 Å². The van der Waals surface area contributed by atoms with Crippen LogP contribution in [0.3, 0.4) is 0 Å². The van der Waals surface area contributed by atoms with Crippen molar-refractivity contribution in [3.63, 3.8) is 0 Å². The third-order valence-corrected chi connectivity index (χ3v) is 3.91. The molecule has 0 amide bonds. The van der Waals surface area contributed by atoms with E-state index in [1.807, 2.05) is 27.7 Å². The van der Waals surface area contributed by atoms with Crippen molar-refractivity contribution >= 4 is 5.78 Å². The second-order valence-electron chi connectivity index (χ2n) is 6.85. The minimum absolute atomic E-state index is 0. The molecule has 7 nitrogen and oxygen atoms in total. The fourth-order valence-electron chi connectivity index (χ4n) is 2.46. The molecule has 0 unspecified atom stereocenters. The van der Waals surface area contributed by atoms with Crippen molar-refractivity contribution in [3.05, 3.63) is 46.8 Å². The Morgan fingerprint density at radius 2 is 2.00 bits per heavy atom. The maximum Gasteiger partial charge on any atom is 0.272 e. The summed E-state index contributed by atoms with van der Waals surface area (Å²) in [6.45, 7) is 11.4. The van der Waals surface area contributed by atoms with Crippen molar-refractivity contribution in [2.75, 3.05) is 0 Å². The molecule has 0 aliphatic heterocycles. The third kappa shape index (κ3) is 6.21. The Balaban J connectivity index is 0.00000312. The van der Waals surface area contributed by atoms with Crippen molar-refractivity contribution < 1.29 is 58.6 Å². The zero-order chi connectivity index (χ0) is 17.9. The summed E-state index contributed by atoms with van der Waals surface area (Å²) in [6, 6.07) is -0.569. The summed E-state index contributed by atoms with van der Waals surface area (Å²) in [7, 11) is 0. The molecule has 0 saturated heterocycles. The van der Waals surface area contributed by atoms with Crippen LogP contribution in [-0.4, -0.2) is 25.6 Å². The van der Waals surface area contributed by atoms with E-state index in [2.05, 4.69) is 27.3 Å². The average Bonchev–Trinajstić information content (AvgIpc) is 3.00. The zero-order valence-electron chi connectivity index (χ0n) is 15.6. The number of aromatic nitrogens is 5. The molecule has 0 bridgehead atoms. The van der Waals surface area contributed by atoms with Crippen LogP contribution >= 0.6 is 0 Å². The molecule has 1 radical (unpaired) electrons. The Morgan fingerprint density at radius 3 is 2.46 bits per heavy atom. The van der Waals surface area contributed by atoms with E-state index < -0.39 is 6.04 Å². The molecule has 139 valence electrons. The van der Waals surface area contributed by atoms with Crippen molar-refractivity contribution in [1.29, 1.82) is 0 Å². The molecule has 2 aromatic rings. The first-order valence-corrected chi connectivity index (χ1v) is 8.02. The molecule has 0 aliphatic carbocycles. The Kier molecular flexibility index (Phi) is 10.4. The van der Waals surface area contributed by atoms with Gasteiger partial charge in [0.15, 0.2) is 0 Å². The van der Waals surface area contributed by atoms with Gasteiger partial charge in [-0.2, -0.15) is 0 Å². The monoisotopic (exact) mass is 602 g/mol. The number of hydrogen-bond acceptors (Lipinski definition) is 5. The van der Waals surface area contributed by atoms with Gasteiger partial charge in [-0.25, -0.2) is 0 Å². The minimum atomic E-state index is -0.569. The molecule has 9 heteroatoms. The van der Waals surface area contributed by atoms with Gasteiger partial charge in [0.05, 0.1) is 11.7 Å². The average molecular weight is 602 g/mol. The predicted molar refractivity (Wildman–Crippen MR) is 89.6 cm³/mol. The summed E-state index contributed by atoms with van der Waals surface area (Å²) in [4.78, 5) is 29.2. The summed E-state index contributed by atoms with van der Waals surface area (Å²) in [5.41, 5.74) is 1.41. The van der Waals surface area contributed by atoms with E-state index in [0.717, 1.165) is 5.69 Å². The first-order chi connectivity index (χ1) is 11.2. The van der Waals surface area contributed by atoms with E-state index in [4.69, 9.17) is 0 Å². The maximum absolute atomic E-state index is 12.8. The van der Waals surface area contributed by atoms with Gasteiger partial charge in [0.2, 0.25) is 0 Å². The number of carbonyl (C=O) groups is 1. The molecule has 0 saturated carbocycles. The fourth-order valence-corrected chi connectivity index (χ4v) is 2.46. The van der Waals surface area contributed by atoms with Crippen LogP contribution in [0.4, 0.5) is 0 Å². The Labute approximate surface area is 193 Å². The fraction of sp³-hybridized carbons (Fsp3) is 0.529. The van der Waals surface area contributed by atoms with Crippen molar-refractivity contribution in [3.8, 4) is 0 Å². The van der Waals surface area contributed by atoms with Gasteiger partial charge in [-0.3, -0.25) is 15.0 Å². The largest absolute Gasteiger partial charge is 0.358 e. The van der Waals surface area contributed by atoms with E-state index >= 15 is 0 Å². The van der Waals surface area contributed by atoms with Gasteiger partial charge in [-0.1, -0.05) is 39.6 Å². The first-order valence-electron chi connectivity index (χ1n) is 8.02. The van der Waals surface area contributed by atoms with Crippen LogP contribution in [0.25, 0.3) is 0 Å². The predicted octanol–water partition coefficient (Wildman–Crippen LogP) is 1.42. The zero-order valence-corrected chi connectivity index (χ0v) is 21.4. The van der Waals surface area contributed by atoms with E-state index in [9.17, 15) is 9.59 Å². The number of aryl methyl sites for hydroxylation is 2. The van der Waals surface area contributed by atoms with Crippen LogP contribution in [0.1, 0.15) is 57.2 Å². The summed E-state index contributed by atoms with van der Waals surface area (Å²) >= 11 is 0. The summed E-state index contributed by atoms with van der Waals surface area (Å²) in [6.07, 6.45) is 4.71. The standard InChI is InChI=1S/C17H23N5O2.W.Y/c1-6-14(11(2)23)22-10-15(17(3,4)5)19-13(16(22)24)8-7-12-9-18-21-20-12;;/h9-10,14H,2,6-8H2,1,3-5H3;;/q-2;;/t14-;;/m0../s1. The van der Waals surface area contributed by atoms with Gasteiger partial charge >= 0.3 is 0 Å². The van der Waals surface area contributed by atoms with E-state index in [-0.39, 0.29) is 70.5 Å². The second kappa shape index (κ2) is 10.6. The molecule has 1 atom stereocenters. The van der Waals surface area contributed by atoms with Crippen LogP contribution in [0.2, 0.25) is 0 Å². The third-order valence-electron chi connectivity index (χ3n) is 3.91. The molecule has 26 heavy (non-hydrogen) atoms. The SMILES string of the molecule is [CH2-]C(=O)[C@H](CC)n1cc(C(C)(C)C)nc(CCc2c[n-]nn2)c1=O.[W].[Y]. The van der Waals surface area contributed by atoms with Crippen molar-refractivity contribution in [1.82, 2.24) is 25.0 Å². The number of ketones is 1. The molecular formula is C17H23N5O2WY-2. The minimum Gasteiger partial charge on any atom is -0.358 e. The van der Waals surface area contributed by atoms with E-state index in [1.165, 1.54) is 4.57 Å². The van der Waals surface area contributed by atoms with Gasteiger partial charge in [0, 0.05) is 71.2 Å². The topological polar surface area (TPSA) is 91.8 Å². The molecule has 2 rings (SSSR count). The molecule has 2 heterocycles. The Hall–Kier alpha value is -0.648. The van der Waals surface area contributed by atoms with Crippen LogP contribution in [0, 0.1) is 6.92 Å². The Morgan fingerprint density at radius 1 is 1.35 bits per heavy atom. The second-order valence-corrected chi connectivity index (χ2v) is 6.85. The molecular weight excluding hydrogens is 579 g/mol. The number of rotatable bonds is 6. The number of Topliss-reactive ketones (excluding diaryl/α,β-unsaturated/α-hetero) is 1. The van der Waals surface area contributed by atoms with Crippen LogP contribution in [-0.2, 0) is 76.8 Å². The van der Waals surface area contributed by atoms with Gasteiger partial charge in [0.25, 0.3) is 5.56 Å². The smallest absolute Gasteiger partial charge is 0.272 e. The van der Waals surface area contributed by atoms with E-state index in [0.29, 0.717) is 30.7 Å². The number of carbonyl (C=O) groups excluding carboxylic acids is 1. The van der Waals surface area contributed by atoms with Crippen LogP contribution in [0.5, 0.6) is 0 Å². The van der Waals surface area contributed by atoms with Gasteiger partial charge in [0.1, 0.15) is 5.69 Å². The Bertz CT molecular complexity index is 768. The molecule has 0 aromatic carbocycles. The summed E-state index contributed by atoms with van der Waals surface area (Å²) in [5.74, 6) is -0.275. The maximum atomic E-state index is 12.8. The van der Waals surface area contributed by atoms with Crippen LogP contribution in [0.15, 0.2) is 17.2 Å². The van der Waals surface area contributed by atoms with Gasteiger partial charge in [-0.15, -0.1) is 0 Å². The van der Waals surface area contributed by atoms with Crippen molar-refractivity contribution in [2.24, 2.45) is 0 Å². The summed E-state index contributed by atoms with van der Waals surface area (Å²) < 4.78 is 1.48. The van der Waals surface area contributed by atoms with Gasteiger partial charge in [-0.05, 0) is 19.3 Å². The normalized spacial score (nSPS) is 12.0. The number of hydrogen-bond donors (Lipinski definition) is 0. The number of nitrogens with zero attached hydrogens (tertiary/aromatic N) is 5. The molecule has 2 aromatic heterocycles.